The molecule has 1 aromatic carbocycles. The van der Waals surface area contributed by atoms with Crippen molar-refractivity contribution < 1.29 is 22.3 Å². The van der Waals surface area contributed by atoms with Gasteiger partial charge in [-0.3, -0.25) is 9.55 Å². The van der Waals surface area contributed by atoms with Gasteiger partial charge in [0.1, 0.15) is 23.0 Å². The van der Waals surface area contributed by atoms with Gasteiger partial charge < -0.3 is 9.47 Å². The van der Waals surface area contributed by atoms with Crippen LogP contribution < -0.4 is 18.9 Å². The van der Waals surface area contributed by atoms with E-state index in [1.54, 1.807) is 30.6 Å². The Kier molecular flexibility index (Phi) is 7.36. The summed E-state index contributed by atoms with van der Waals surface area (Å²) in [5.74, 6) is 0.712. The van der Waals surface area contributed by atoms with Crippen LogP contribution in [0.2, 0.25) is 0 Å². The first-order valence-electron chi connectivity index (χ1n) is 10.6. The summed E-state index contributed by atoms with van der Waals surface area (Å²) in [6.45, 7) is 1.83. The fourth-order valence-corrected chi connectivity index (χ4v) is 4.22. The number of para-hydroxylation sites is 1. The molecule has 0 aliphatic heterocycles. The average Bonchev–Trinajstić information content (AvgIpc) is 3.26. The monoisotopic (exact) mass is 514 g/mol. The Labute approximate surface area is 206 Å². The topological polar surface area (TPSA) is 146 Å². The van der Waals surface area contributed by atoms with Crippen molar-refractivity contribution in [2.45, 2.75) is 13.3 Å². The molecule has 14 heteroatoms. The summed E-state index contributed by atoms with van der Waals surface area (Å²) in [6.07, 6.45) is 5.45. The summed E-state index contributed by atoms with van der Waals surface area (Å²) in [7, 11) is -1.14. The molecule has 0 spiro atoms. The number of ether oxygens (including phenoxy) is 2. The van der Waals surface area contributed by atoms with E-state index in [0.29, 0.717) is 28.6 Å². The highest BCUT2D eigenvalue weighted by molar-refractivity contribution is 7.90. The van der Waals surface area contributed by atoms with Gasteiger partial charge >= 0.3 is 10.2 Å². The molecule has 0 radical (unpaired) electrons. The van der Waals surface area contributed by atoms with Crippen LogP contribution in [0.25, 0.3) is 17.1 Å². The maximum absolute atomic E-state index is 13.0. The van der Waals surface area contributed by atoms with Gasteiger partial charge in [-0.05, 0) is 30.7 Å². The minimum Gasteiger partial charge on any atom is -0.494 e. The highest BCUT2D eigenvalue weighted by atomic mass is 32.2. The van der Waals surface area contributed by atoms with Crippen molar-refractivity contribution >= 4 is 16.2 Å². The van der Waals surface area contributed by atoms with Gasteiger partial charge in [-0.15, -0.1) is 10.2 Å². The van der Waals surface area contributed by atoms with Crippen molar-refractivity contribution in [1.29, 1.82) is 0 Å². The van der Waals surface area contributed by atoms with E-state index >= 15 is 0 Å². The van der Waals surface area contributed by atoms with Gasteiger partial charge in [0.25, 0.3) is 0 Å². The fourth-order valence-electron chi connectivity index (χ4n) is 3.40. The van der Waals surface area contributed by atoms with E-state index in [0.717, 1.165) is 18.0 Å². The Bertz CT molecular complexity index is 1440. The number of benzene rings is 1. The number of anilines is 1. The van der Waals surface area contributed by atoms with Gasteiger partial charge in [0.05, 0.1) is 26.6 Å². The summed E-state index contributed by atoms with van der Waals surface area (Å²) in [4.78, 5) is 11.8. The number of aryl methyl sites for hydroxylation is 1. The number of aromatic nitrogens is 6. The molecule has 4 aromatic rings. The molecule has 0 aliphatic rings. The lowest BCUT2D eigenvalue weighted by atomic mass is 10.2. The molecule has 188 valence electrons. The van der Waals surface area contributed by atoms with Crippen molar-refractivity contribution in [3.63, 3.8) is 0 Å². The number of hydrogen-bond acceptors (Lipinski definition) is 9. The first-order chi connectivity index (χ1) is 17.3. The lowest BCUT2D eigenvalue weighted by Crippen LogP contribution is -2.33. The first-order valence-corrected chi connectivity index (χ1v) is 12.1. The van der Waals surface area contributed by atoms with Crippen molar-refractivity contribution in [2.24, 2.45) is 0 Å². The number of rotatable bonds is 10. The smallest absolute Gasteiger partial charge is 0.301 e. The Balaban J connectivity index is 1.70. The summed E-state index contributed by atoms with van der Waals surface area (Å²) < 4.78 is 56.0. The van der Waals surface area contributed by atoms with Gasteiger partial charge in [-0.2, -0.15) is 13.1 Å². The van der Waals surface area contributed by atoms with Gasteiger partial charge in [0, 0.05) is 30.9 Å². The molecule has 0 bridgehead atoms. The molecule has 0 fully saturated rings. The van der Waals surface area contributed by atoms with Crippen LogP contribution >= 0.6 is 0 Å². The SMILES string of the molecule is COc1cccc(OC)c1-n1c(NS(=O)(=O)NCCc2ncc(F)cn2)nnc1-c1cncc(C)c1. The van der Waals surface area contributed by atoms with E-state index < -0.39 is 16.0 Å². The van der Waals surface area contributed by atoms with E-state index in [4.69, 9.17) is 9.47 Å². The van der Waals surface area contributed by atoms with Crippen LogP contribution in [0.15, 0.2) is 49.1 Å². The van der Waals surface area contributed by atoms with Crippen LogP contribution in [0.4, 0.5) is 10.3 Å². The zero-order valence-electron chi connectivity index (χ0n) is 19.6. The Morgan fingerprint density at radius 3 is 2.36 bits per heavy atom. The largest absolute Gasteiger partial charge is 0.494 e. The number of halogens is 1. The first kappa shape index (κ1) is 24.9. The Morgan fingerprint density at radius 2 is 1.72 bits per heavy atom. The van der Waals surface area contributed by atoms with Gasteiger partial charge in [-0.1, -0.05) is 6.07 Å². The third-order valence-corrected chi connectivity index (χ3v) is 6.00. The molecule has 0 unspecified atom stereocenters. The zero-order chi connectivity index (χ0) is 25.7. The van der Waals surface area contributed by atoms with Crippen LogP contribution in [0, 0.1) is 12.7 Å². The number of methoxy groups -OCH3 is 2. The number of pyridine rings is 1. The summed E-state index contributed by atoms with van der Waals surface area (Å²) in [6, 6.07) is 6.99. The molecule has 36 heavy (non-hydrogen) atoms. The predicted molar refractivity (Wildman–Crippen MR) is 129 cm³/mol. The second kappa shape index (κ2) is 10.6. The quantitative estimate of drug-likeness (QED) is 0.325. The normalized spacial score (nSPS) is 11.3. The molecular weight excluding hydrogens is 491 g/mol. The van der Waals surface area contributed by atoms with E-state index in [1.807, 2.05) is 13.0 Å². The molecule has 3 aromatic heterocycles. The molecule has 0 atom stereocenters. The zero-order valence-corrected chi connectivity index (χ0v) is 20.5. The van der Waals surface area contributed by atoms with Gasteiger partial charge in [0.15, 0.2) is 11.6 Å². The average molecular weight is 515 g/mol. The third kappa shape index (κ3) is 5.55. The maximum Gasteiger partial charge on any atom is 0.301 e. The third-order valence-electron chi connectivity index (χ3n) is 4.96. The molecule has 0 aliphatic carbocycles. The maximum atomic E-state index is 13.0. The van der Waals surface area contributed by atoms with E-state index in [1.165, 1.54) is 18.8 Å². The minimum absolute atomic E-state index is 0.0399. The second-order valence-corrected chi connectivity index (χ2v) is 9.01. The van der Waals surface area contributed by atoms with Gasteiger partial charge in [-0.25, -0.2) is 19.1 Å². The molecule has 2 N–H and O–H groups in total. The Hall–Kier alpha value is -4.17. The molecule has 0 saturated heterocycles. The highest BCUT2D eigenvalue weighted by Gasteiger charge is 2.25. The van der Waals surface area contributed by atoms with Crippen molar-refractivity contribution in [3.8, 4) is 28.6 Å². The number of nitrogens with one attached hydrogen (secondary N) is 2. The van der Waals surface area contributed by atoms with Crippen molar-refractivity contribution in [2.75, 3.05) is 25.5 Å². The number of nitrogens with zero attached hydrogens (tertiary/aromatic N) is 6. The van der Waals surface area contributed by atoms with E-state index in [9.17, 15) is 12.8 Å². The lowest BCUT2D eigenvalue weighted by molar-refractivity contribution is 0.391. The van der Waals surface area contributed by atoms with Crippen LogP contribution in [-0.4, -0.2) is 58.9 Å². The van der Waals surface area contributed by atoms with Gasteiger partial charge in [0.2, 0.25) is 5.95 Å². The fraction of sp³-hybridized carbons (Fsp3) is 0.227. The second-order valence-electron chi connectivity index (χ2n) is 7.51. The molecular formula is C22H23FN8O4S. The molecule has 0 amide bonds. The van der Waals surface area contributed by atoms with Crippen molar-refractivity contribution in [1.82, 2.24) is 34.4 Å². The van der Waals surface area contributed by atoms with Crippen LogP contribution in [0.1, 0.15) is 11.4 Å². The van der Waals surface area contributed by atoms with E-state index in [-0.39, 0.29) is 24.7 Å². The standard InChI is InChI=1S/C22H23FN8O4S/c1-14-9-15(11-24-10-14)21-28-29-22(31(21)20-17(34-2)5-4-6-18(20)35-3)30-36(32,33)27-8-7-19-25-12-16(23)13-26-19/h4-6,9-13,27H,7-8H2,1-3H3,(H,29,30). The minimum atomic E-state index is -4.11. The molecule has 4 rings (SSSR count). The lowest BCUT2D eigenvalue weighted by Gasteiger charge is -2.17. The van der Waals surface area contributed by atoms with Crippen molar-refractivity contribution in [3.05, 3.63) is 66.3 Å². The molecule has 12 nitrogen and oxygen atoms in total. The summed E-state index contributed by atoms with van der Waals surface area (Å²) in [5, 5.41) is 8.31. The van der Waals surface area contributed by atoms with E-state index in [2.05, 4.69) is 34.6 Å². The highest BCUT2D eigenvalue weighted by Crippen LogP contribution is 2.37. The van der Waals surface area contributed by atoms with Crippen LogP contribution in [0.5, 0.6) is 11.5 Å². The predicted octanol–water partition coefficient (Wildman–Crippen LogP) is 2.07. The number of hydrogen-bond donors (Lipinski definition) is 2. The summed E-state index contributed by atoms with van der Waals surface area (Å²) in [5.41, 5.74) is 1.87. The van der Waals surface area contributed by atoms with Crippen LogP contribution in [0.3, 0.4) is 0 Å². The summed E-state index contributed by atoms with van der Waals surface area (Å²) >= 11 is 0. The van der Waals surface area contributed by atoms with Crippen LogP contribution in [-0.2, 0) is 16.6 Å². The Morgan fingerprint density at radius 1 is 1.03 bits per heavy atom. The molecule has 0 saturated carbocycles. The molecule has 3 heterocycles.